The zero-order valence-corrected chi connectivity index (χ0v) is 19.4. The molecule has 1 aliphatic rings. The summed E-state index contributed by atoms with van der Waals surface area (Å²) in [6, 6.07) is 13.9. The zero-order valence-electron chi connectivity index (χ0n) is 15.4. The largest absolute Gasteiger partial charge is 0.748 e. The van der Waals surface area contributed by atoms with Crippen LogP contribution in [-0.2, 0) is 17.2 Å². The third kappa shape index (κ3) is 4.90. The Hall–Kier alpha value is -1.29. The molecule has 29 heavy (non-hydrogen) atoms. The lowest BCUT2D eigenvalue weighted by atomic mass is 10.2. The minimum atomic E-state index is -4.23. The summed E-state index contributed by atoms with van der Waals surface area (Å²) in [5.74, 6) is -0.381. The quantitative estimate of drug-likeness (QED) is 0.386. The highest BCUT2D eigenvalue weighted by molar-refractivity contribution is 8.03. The number of nitrogens with zero attached hydrogens (tertiary/aromatic N) is 2. The van der Waals surface area contributed by atoms with Crippen LogP contribution in [-0.4, -0.2) is 25.3 Å². The summed E-state index contributed by atoms with van der Waals surface area (Å²) in [5.41, 5.74) is 2.10. The predicted molar refractivity (Wildman–Crippen MR) is 122 cm³/mol. The molecule has 0 unspecified atom stereocenters. The molecule has 1 aliphatic heterocycles. The van der Waals surface area contributed by atoms with Gasteiger partial charge >= 0.3 is 0 Å². The van der Waals surface area contributed by atoms with Crippen molar-refractivity contribution in [2.24, 2.45) is 7.05 Å². The van der Waals surface area contributed by atoms with E-state index in [1.165, 1.54) is 4.70 Å². The topological polar surface area (TPSA) is 64.3 Å². The first kappa shape index (κ1) is 22.4. The molecule has 0 aliphatic carbocycles. The van der Waals surface area contributed by atoms with Gasteiger partial charge in [0.05, 0.1) is 26.9 Å². The van der Waals surface area contributed by atoms with Crippen LogP contribution < -0.4 is 9.47 Å². The SMILES string of the molecule is C[n+]1c(/C=C2\Sc3ccc(Cl)cc3N2CCCS(=O)(=O)[O-])sc2ccccc21.Cl. The number of fused-ring (bicyclic) bond motifs is 2. The third-order valence-electron chi connectivity index (χ3n) is 4.49. The fourth-order valence-electron chi connectivity index (χ4n) is 3.16. The second-order valence-electron chi connectivity index (χ2n) is 6.43. The number of rotatable bonds is 5. The van der Waals surface area contributed by atoms with Crippen molar-refractivity contribution in [2.75, 3.05) is 17.2 Å². The molecule has 0 saturated heterocycles. The summed E-state index contributed by atoms with van der Waals surface area (Å²) in [5, 5.41) is 2.70. The number of para-hydroxylation sites is 1. The van der Waals surface area contributed by atoms with Gasteiger partial charge in [-0.15, -0.1) is 12.4 Å². The highest BCUT2D eigenvalue weighted by Crippen LogP contribution is 2.47. The summed E-state index contributed by atoms with van der Waals surface area (Å²) < 4.78 is 36.4. The molecule has 3 aromatic rings. The van der Waals surface area contributed by atoms with Gasteiger partial charge in [-0.25, -0.2) is 8.42 Å². The van der Waals surface area contributed by atoms with E-state index in [9.17, 15) is 13.0 Å². The smallest absolute Gasteiger partial charge is 0.265 e. The Kier molecular flexibility index (Phi) is 6.82. The van der Waals surface area contributed by atoms with Gasteiger partial charge in [-0.2, -0.15) is 4.57 Å². The average molecular weight is 489 g/mol. The number of aromatic nitrogens is 1. The van der Waals surface area contributed by atoms with E-state index in [1.807, 2.05) is 42.3 Å². The molecule has 0 radical (unpaired) electrons. The fourth-order valence-corrected chi connectivity index (χ4v) is 6.08. The molecule has 5 nitrogen and oxygen atoms in total. The van der Waals surface area contributed by atoms with Crippen molar-refractivity contribution in [3.05, 3.63) is 57.5 Å². The van der Waals surface area contributed by atoms with Crippen LogP contribution in [0, 0.1) is 0 Å². The molecular weight excluding hydrogens is 471 g/mol. The lowest BCUT2D eigenvalue weighted by Gasteiger charge is -2.20. The van der Waals surface area contributed by atoms with Crippen molar-refractivity contribution in [2.45, 2.75) is 11.3 Å². The van der Waals surface area contributed by atoms with Crippen LogP contribution in [0.15, 0.2) is 52.4 Å². The Morgan fingerprint density at radius 3 is 2.72 bits per heavy atom. The maximum absolute atomic E-state index is 11.0. The minimum Gasteiger partial charge on any atom is -0.748 e. The molecule has 154 valence electrons. The van der Waals surface area contributed by atoms with E-state index < -0.39 is 10.1 Å². The molecule has 2 heterocycles. The van der Waals surface area contributed by atoms with Gasteiger partial charge in [0.2, 0.25) is 5.52 Å². The number of benzene rings is 2. The maximum Gasteiger partial charge on any atom is 0.265 e. The number of halogens is 2. The molecule has 0 saturated carbocycles. The lowest BCUT2D eigenvalue weighted by molar-refractivity contribution is -0.642. The van der Waals surface area contributed by atoms with Crippen molar-refractivity contribution < 1.29 is 17.5 Å². The van der Waals surface area contributed by atoms with E-state index in [-0.39, 0.29) is 24.6 Å². The van der Waals surface area contributed by atoms with Crippen molar-refractivity contribution in [1.82, 2.24) is 0 Å². The average Bonchev–Trinajstić information content (AvgIpc) is 3.13. The molecule has 1 aromatic heterocycles. The lowest BCUT2D eigenvalue weighted by Crippen LogP contribution is -2.29. The van der Waals surface area contributed by atoms with E-state index in [2.05, 4.69) is 22.8 Å². The summed E-state index contributed by atoms with van der Waals surface area (Å²) >= 11 is 9.49. The Morgan fingerprint density at radius 1 is 1.24 bits per heavy atom. The van der Waals surface area contributed by atoms with Gasteiger partial charge in [0.1, 0.15) is 11.7 Å². The van der Waals surface area contributed by atoms with Gasteiger partial charge in [0.25, 0.3) is 5.01 Å². The van der Waals surface area contributed by atoms with Gasteiger partial charge in [0.15, 0.2) is 0 Å². The molecule has 0 amide bonds. The van der Waals surface area contributed by atoms with E-state index in [4.69, 9.17) is 11.6 Å². The molecule has 4 rings (SSSR count). The van der Waals surface area contributed by atoms with Crippen LogP contribution in [0.4, 0.5) is 5.69 Å². The fraction of sp³-hybridized carbons (Fsp3) is 0.211. The highest BCUT2D eigenvalue weighted by atomic mass is 35.5. The number of hydrogen-bond donors (Lipinski definition) is 0. The summed E-state index contributed by atoms with van der Waals surface area (Å²) in [6.07, 6.45) is 2.36. The van der Waals surface area contributed by atoms with Crippen LogP contribution in [0.2, 0.25) is 5.02 Å². The molecule has 0 bridgehead atoms. The molecule has 0 fully saturated rings. The molecule has 0 atom stereocenters. The first-order valence-corrected chi connectivity index (χ1v) is 12.2. The second kappa shape index (κ2) is 8.83. The minimum absolute atomic E-state index is 0. The van der Waals surface area contributed by atoms with Crippen molar-refractivity contribution >= 4 is 79.2 Å². The normalized spacial score (nSPS) is 15.0. The maximum atomic E-state index is 11.0. The molecule has 0 spiro atoms. The number of thioether (sulfide) groups is 1. The summed E-state index contributed by atoms with van der Waals surface area (Å²) in [4.78, 5) is 3.10. The molecule has 10 heteroatoms. The van der Waals surface area contributed by atoms with E-state index >= 15 is 0 Å². The van der Waals surface area contributed by atoms with E-state index in [1.54, 1.807) is 23.1 Å². The van der Waals surface area contributed by atoms with Crippen molar-refractivity contribution in [3.63, 3.8) is 0 Å². The highest BCUT2D eigenvalue weighted by Gasteiger charge is 2.27. The Labute approximate surface area is 189 Å². The Bertz CT molecular complexity index is 1190. The number of anilines is 1. The van der Waals surface area contributed by atoms with Crippen LogP contribution in [0.25, 0.3) is 16.3 Å². The summed E-state index contributed by atoms with van der Waals surface area (Å²) in [6.45, 7) is 0.433. The Morgan fingerprint density at radius 2 is 2.00 bits per heavy atom. The monoisotopic (exact) mass is 488 g/mol. The van der Waals surface area contributed by atoms with Crippen LogP contribution in [0.1, 0.15) is 11.4 Å². The first-order chi connectivity index (χ1) is 13.3. The van der Waals surface area contributed by atoms with Gasteiger partial charge < -0.3 is 9.45 Å². The van der Waals surface area contributed by atoms with Gasteiger partial charge in [0, 0.05) is 28.3 Å². The van der Waals surface area contributed by atoms with Crippen LogP contribution in [0.3, 0.4) is 0 Å². The number of aryl methyl sites for hydroxylation is 1. The second-order valence-corrected chi connectivity index (χ2v) is 10.5. The standard InChI is InChI=1S/C19H17ClN2O3S3.ClH/c1-21-14-5-2-3-6-16(14)26-18(21)12-19-22(9-4-10-28(23,24)25)15-11-13(20)7-8-17(15)27-19;/h2-3,5-8,11-12H,4,9-10H2,1H3;1H. The molecule has 0 N–H and O–H groups in total. The van der Waals surface area contributed by atoms with Crippen molar-refractivity contribution in [3.8, 4) is 0 Å². The van der Waals surface area contributed by atoms with Gasteiger partial charge in [-0.1, -0.05) is 46.8 Å². The third-order valence-corrected chi connectivity index (χ3v) is 7.79. The molecular formula is C19H18Cl2N2O3S3. The van der Waals surface area contributed by atoms with Crippen molar-refractivity contribution in [1.29, 1.82) is 0 Å². The van der Waals surface area contributed by atoms with Gasteiger partial charge in [-0.05, 0) is 30.7 Å². The zero-order chi connectivity index (χ0) is 19.9. The van der Waals surface area contributed by atoms with E-state index in [0.29, 0.717) is 11.6 Å². The number of thiazole rings is 1. The number of hydrogen-bond acceptors (Lipinski definition) is 6. The van der Waals surface area contributed by atoms with Gasteiger partial charge in [-0.3, -0.25) is 0 Å². The predicted octanol–water partition coefficient (Wildman–Crippen LogP) is 4.65. The molecule has 2 aromatic carbocycles. The van der Waals surface area contributed by atoms with Crippen LogP contribution >= 0.6 is 47.1 Å². The Balaban J connectivity index is 0.00000240. The summed E-state index contributed by atoms with van der Waals surface area (Å²) in [7, 11) is -2.20. The van der Waals surface area contributed by atoms with E-state index in [0.717, 1.165) is 26.1 Å². The van der Waals surface area contributed by atoms with Crippen LogP contribution in [0.5, 0.6) is 0 Å². The first-order valence-electron chi connectivity index (χ1n) is 8.59.